The summed E-state index contributed by atoms with van der Waals surface area (Å²) in [5.41, 5.74) is 0. The zero-order chi connectivity index (χ0) is 15.1. The van der Waals surface area contributed by atoms with Gasteiger partial charge in [0.05, 0.1) is 6.61 Å². The van der Waals surface area contributed by atoms with E-state index in [-0.39, 0.29) is 12.5 Å². The molecule has 0 aromatic carbocycles. The van der Waals surface area contributed by atoms with Crippen LogP contribution in [0.4, 0.5) is 26.3 Å². The smallest absolute Gasteiger partial charge is 0.475 e. The second kappa shape index (κ2) is 7.07. The highest BCUT2D eigenvalue weighted by Crippen LogP contribution is 2.16. The molecule has 18 heavy (non-hydrogen) atoms. The Hall–Kier alpha value is -1.48. The van der Waals surface area contributed by atoms with Gasteiger partial charge in [0, 0.05) is 0 Å². The topological polar surface area (TPSA) is 63.6 Å². The zero-order valence-corrected chi connectivity index (χ0v) is 9.22. The number of hydrogen-bond acceptors (Lipinski definition) is 3. The highest BCUT2D eigenvalue weighted by atomic mass is 19.4. The lowest BCUT2D eigenvalue weighted by Crippen LogP contribution is -2.26. The highest BCUT2D eigenvalue weighted by molar-refractivity contribution is 5.75. The predicted octanol–water partition coefficient (Wildman–Crippen LogP) is 2.38. The monoisotopic (exact) mass is 284 g/mol. The summed E-state index contributed by atoms with van der Waals surface area (Å²) in [6.45, 7) is 3.12. The minimum Gasteiger partial charge on any atom is -0.475 e. The SMILES string of the molecule is CC(C)COC(=O)C(F)(F)F.O=C(O)C(F)(F)F. The van der Waals surface area contributed by atoms with Gasteiger partial charge < -0.3 is 9.84 Å². The molecule has 0 saturated heterocycles. The number of hydrogen-bond donors (Lipinski definition) is 1. The number of halogens is 6. The van der Waals surface area contributed by atoms with Gasteiger partial charge >= 0.3 is 24.3 Å². The van der Waals surface area contributed by atoms with Gasteiger partial charge in [0.1, 0.15) is 0 Å². The number of aliphatic carboxylic acids is 1. The zero-order valence-electron chi connectivity index (χ0n) is 9.22. The molecule has 0 aliphatic heterocycles. The van der Waals surface area contributed by atoms with Crippen molar-refractivity contribution in [1.82, 2.24) is 0 Å². The minimum atomic E-state index is -5.08. The molecular weight excluding hydrogens is 274 g/mol. The molecule has 1 N–H and O–H groups in total. The third kappa shape index (κ3) is 11.0. The summed E-state index contributed by atoms with van der Waals surface area (Å²) in [5, 5.41) is 7.12. The number of carboxylic acids is 1. The molecule has 0 spiro atoms. The molecule has 0 aliphatic carbocycles. The average molecular weight is 284 g/mol. The van der Waals surface area contributed by atoms with Gasteiger partial charge in [-0.05, 0) is 5.92 Å². The summed E-state index contributed by atoms with van der Waals surface area (Å²) < 4.78 is 69.9. The van der Waals surface area contributed by atoms with Gasteiger partial charge in [-0.1, -0.05) is 13.8 Å². The molecule has 0 fully saturated rings. The van der Waals surface area contributed by atoms with Crippen LogP contribution in [0, 0.1) is 5.92 Å². The van der Waals surface area contributed by atoms with Crippen LogP contribution in [0.25, 0.3) is 0 Å². The molecule has 0 amide bonds. The Labute approximate surface area is 97.5 Å². The van der Waals surface area contributed by atoms with Crippen molar-refractivity contribution in [2.75, 3.05) is 6.61 Å². The fraction of sp³-hybridized carbons (Fsp3) is 0.750. The lowest BCUT2D eigenvalue weighted by Gasteiger charge is -2.08. The van der Waals surface area contributed by atoms with Crippen molar-refractivity contribution in [1.29, 1.82) is 0 Å². The molecule has 0 aromatic rings. The summed E-state index contributed by atoms with van der Waals surface area (Å²) in [6, 6.07) is 0. The van der Waals surface area contributed by atoms with E-state index in [1.807, 2.05) is 0 Å². The third-order valence-electron chi connectivity index (χ3n) is 1.02. The maximum absolute atomic E-state index is 11.4. The summed E-state index contributed by atoms with van der Waals surface area (Å²) in [7, 11) is 0. The molecule has 0 rings (SSSR count). The number of rotatable bonds is 2. The number of alkyl halides is 6. The van der Waals surface area contributed by atoms with Crippen molar-refractivity contribution < 1.29 is 45.8 Å². The second-order valence-corrected chi connectivity index (χ2v) is 3.29. The largest absolute Gasteiger partial charge is 0.490 e. The summed E-state index contributed by atoms with van der Waals surface area (Å²) in [5.74, 6) is -4.96. The molecule has 10 heteroatoms. The maximum Gasteiger partial charge on any atom is 0.490 e. The number of carbonyl (C=O) groups excluding carboxylic acids is 1. The average Bonchev–Trinajstić information content (AvgIpc) is 2.11. The van der Waals surface area contributed by atoms with Crippen molar-refractivity contribution in [3.63, 3.8) is 0 Å². The normalized spacial score (nSPS) is 11.6. The Kier molecular flexibility index (Phi) is 7.41. The molecule has 0 atom stereocenters. The Balaban J connectivity index is 0. The third-order valence-corrected chi connectivity index (χ3v) is 1.02. The lowest BCUT2D eigenvalue weighted by molar-refractivity contribution is -0.200. The van der Waals surface area contributed by atoms with Gasteiger partial charge in [0.15, 0.2) is 0 Å². The molecule has 108 valence electrons. The van der Waals surface area contributed by atoms with Crippen LogP contribution in [-0.4, -0.2) is 36.0 Å². The molecule has 4 nitrogen and oxygen atoms in total. The van der Waals surface area contributed by atoms with E-state index in [0.717, 1.165) is 0 Å². The first-order valence-electron chi connectivity index (χ1n) is 4.32. The number of carboxylic acid groups (broad SMARTS) is 1. The summed E-state index contributed by atoms with van der Waals surface area (Å²) in [6.07, 6.45) is -9.95. The first kappa shape index (κ1) is 18.9. The van der Waals surface area contributed by atoms with Crippen molar-refractivity contribution in [2.45, 2.75) is 26.2 Å². The van der Waals surface area contributed by atoms with Crippen molar-refractivity contribution >= 4 is 11.9 Å². The van der Waals surface area contributed by atoms with E-state index in [2.05, 4.69) is 4.74 Å². The Morgan fingerprint density at radius 2 is 1.39 bits per heavy atom. The van der Waals surface area contributed by atoms with E-state index in [0.29, 0.717) is 0 Å². The van der Waals surface area contributed by atoms with E-state index >= 15 is 0 Å². The van der Waals surface area contributed by atoms with Crippen LogP contribution < -0.4 is 0 Å². The Bertz CT molecular complexity index is 280. The van der Waals surface area contributed by atoms with E-state index < -0.39 is 24.3 Å². The standard InChI is InChI=1S/C6H9F3O2.C2HF3O2/c1-4(2)3-11-5(10)6(7,8)9;3-2(4,5)1(6)7/h4H,3H2,1-2H3;(H,6,7). The van der Waals surface area contributed by atoms with Gasteiger partial charge in [-0.3, -0.25) is 0 Å². The van der Waals surface area contributed by atoms with Gasteiger partial charge in [0.2, 0.25) is 0 Å². The maximum atomic E-state index is 11.4. The predicted molar refractivity (Wildman–Crippen MR) is 45.5 cm³/mol. The van der Waals surface area contributed by atoms with Crippen LogP contribution >= 0.6 is 0 Å². The quantitative estimate of drug-likeness (QED) is 0.624. The van der Waals surface area contributed by atoms with Crippen molar-refractivity contribution in [2.24, 2.45) is 5.92 Å². The van der Waals surface area contributed by atoms with Gasteiger partial charge in [0.25, 0.3) is 0 Å². The molecule has 0 heterocycles. The van der Waals surface area contributed by atoms with Gasteiger partial charge in [-0.15, -0.1) is 0 Å². The number of esters is 1. The highest BCUT2D eigenvalue weighted by Gasteiger charge is 2.40. The van der Waals surface area contributed by atoms with Gasteiger partial charge in [-0.25, -0.2) is 9.59 Å². The fourth-order valence-electron chi connectivity index (χ4n) is 0.324. The first-order valence-corrected chi connectivity index (χ1v) is 4.32. The van der Waals surface area contributed by atoms with Crippen molar-refractivity contribution in [3.05, 3.63) is 0 Å². The number of ether oxygens (including phenoxy) is 1. The molecule has 0 unspecified atom stereocenters. The minimum absolute atomic E-state index is 0.0821. The van der Waals surface area contributed by atoms with Crippen LogP contribution in [0.15, 0.2) is 0 Å². The number of carbonyl (C=O) groups is 2. The van der Waals surface area contributed by atoms with E-state index in [4.69, 9.17) is 9.90 Å². The molecule has 0 bridgehead atoms. The van der Waals surface area contributed by atoms with E-state index in [9.17, 15) is 31.1 Å². The molecular formula is C8H10F6O4. The molecule has 0 saturated carbocycles. The van der Waals surface area contributed by atoms with Crippen LogP contribution in [-0.2, 0) is 14.3 Å². The van der Waals surface area contributed by atoms with Crippen LogP contribution in [0.1, 0.15) is 13.8 Å². The van der Waals surface area contributed by atoms with Crippen LogP contribution in [0.2, 0.25) is 0 Å². The fourth-order valence-corrected chi connectivity index (χ4v) is 0.324. The lowest BCUT2D eigenvalue weighted by atomic mass is 10.2. The molecule has 0 aromatic heterocycles. The van der Waals surface area contributed by atoms with Crippen LogP contribution in [0.3, 0.4) is 0 Å². The van der Waals surface area contributed by atoms with Crippen LogP contribution in [0.5, 0.6) is 0 Å². The summed E-state index contributed by atoms with van der Waals surface area (Å²) in [4.78, 5) is 18.9. The van der Waals surface area contributed by atoms with Gasteiger partial charge in [-0.2, -0.15) is 26.3 Å². The van der Waals surface area contributed by atoms with E-state index in [1.165, 1.54) is 0 Å². The Morgan fingerprint density at radius 1 is 1.06 bits per heavy atom. The molecule has 0 radical (unpaired) electrons. The summed E-state index contributed by atoms with van der Waals surface area (Å²) >= 11 is 0. The molecule has 0 aliphatic rings. The second-order valence-electron chi connectivity index (χ2n) is 3.29. The first-order chi connectivity index (χ1) is 7.78. The van der Waals surface area contributed by atoms with Crippen molar-refractivity contribution in [3.8, 4) is 0 Å². The Morgan fingerprint density at radius 3 is 1.56 bits per heavy atom. The van der Waals surface area contributed by atoms with E-state index in [1.54, 1.807) is 13.8 Å².